The lowest BCUT2D eigenvalue weighted by Gasteiger charge is -2.15. The number of benzene rings is 1. The van der Waals surface area contributed by atoms with Crippen molar-refractivity contribution in [3.63, 3.8) is 0 Å². The van der Waals surface area contributed by atoms with Gasteiger partial charge in [0.1, 0.15) is 12.4 Å². The fraction of sp³-hybridized carbons (Fsp3) is 0.571. The van der Waals surface area contributed by atoms with E-state index in [2.05, 4.69) is 36.7 Å². The van der Waals surface area contributed by atoms with Crippen LogP contribution in [0.4, 0.5) is 0 Å². The van der Waals surface area contributed by atoms with Gasteiger partial charge < -0.3 is 9.47 Å². The minimum atomic E-state index is 0.309. The maximum absolute atomic E-state index is 5.66. The summed E-state index contributed by atoms with van der Waals surface area (Å²) in [5.41, 5.74) is 0. The van der Waals surface area contributed by atoms with Crippen LogP contribution in [0.5, 0.6) is 5.75 Å². The molecule has 1 aromatic rings. The normalized spacial score (nSPS) is 12.8. The van der Waals surface area contributed by atoms with Crippen LogP contribution in [-0.4, -0.2) is 19.3 Å². The van der Waals surface area contributed by atoms with Crippen LogP contribution < -0.4 is 4.74 Å². The second-order valence-electron chi connectivity index (χ2n) is 4.61. The highest BCUT2D eigenvalue weighted by Gasteiger charge is 2.04. The molecule has 1 atom stereocenters. The Kier molecular flexibility index (Phi) is 6.60. The van der Waals surface area contributed by atoms with E-state index in [1.165, 1.54) is 0 Å². The van der Waals surface area contributed by atoms with E-state index in [1.54, 1.807) is 0 Å². The molecule has 0 saturated carbocycles. The van der Waals surface area contributed by atoms with Gasteiger partial charge >= 0.3 is 0 Å². The van der Waals surface area contributed by atoms with Crippen molar-refractivity contribution < 1.29 is 9.47 Å². The molecule has 0 amide bonds. The van der Waals surface area contributed by atoms with Gasteiger partial charge in [0.2, 0.25) is 0 Å². The van der Waals surface area contributed by atoms with Gasteiger partial charge in [-0.1, -0.05) is 29.8 Å². The van der Waals surface area contributed by atoms with Crippen molar-refractivity contribution in [3.8, 4) is 5.75 Å². The van der Waals surface area contributed by atoms with Gasteiger partial charge in [-0.15, -0.1) is 0 Å². The fourth-order valence-corrected chi connectivity index (χ4v) is 1.94. The van der Waals surface area contributed by atoms with Crippen LogP contribution in [0.25, 0.3) is 0 Å². The molecule has 0 N–H and O–H groups in total. The molecule has 0 bridgehead atoms. The summed E-state index contributed by atoms with van der Waals surface area (Å²) in [5.74, 6) is 1.56. The lowest BCUT2D eigenvalue weighted by atomic mass is 10.1. The van der Waals surface area contributed by atoms with Crippen LogP contribution in [0.15, 0.2) is 28.7 Å². The largest absolute Gasteiger partial charge is 0.491 e. The number of halogens is 1. The second kappa shape index (κ2) is 7.72. The van der Waals surface area contributed by atoms with Crippen LogP contribution in [-0.2, 0) is 4.74 Å². The van der Waals surface area contributed by atoms with Crippen LogP contribution in [0.2, 0.25) is 0 Å². The molecule has 96 valence electrons. The van der Waals surface area contributed by atoms with Crippen molar-refractivity contribution in [1.82, 2.24) is 0 Å². The van der Waals surface area contributed by atoms with Gasteiger partial charge in [0, 0.05) is 4.47 Å². The van der Waals surface area contributed by atoms with E-state index in [9.17, 15) is 0 Å². The second-order valence-corrected chi connectivity index (χ2v) is 5.53. The number of hydrogen-bond donors (Lipinski definition) is 0. The minimum absolute atomic E-state index is 0.309. The topological polar surface area (TPSA) is 18.5 Å². The van der Waals surface area contributed by atoms with Gasteiger partial charge in [0.05, 0.1) is 12.7 Å². The smallest absolute Gasteiger partial charge is 0.119 e. The van der Waals surface area contributed by atoms with Crippen molar-refractivity contribution in [2.75, 3.05) is 13.2 Å². The first-order valence-corrected chi connectivity index (χ1v) is 6.87. The van der Waals surface area contributed by atoms with Gasteiger partial charge in [-0.25, -0.2) is 0 Å². The Hall–Kier alpha value is -0.540. The first-order valence-electron chi connectivity index (χ1n) is 6.08. The SMILES string of the molecule is CC(C)CC(C)OCCOc1ccc(Br)cc1. The quantitative estimate of drug-likeness (QED) is 0.700. The van der Waals surface area contributed by atoms with Gasteiger partial charge in [0.15, 0.2) is 0 Å². The molecule has 17 heavy (non-hydrogen) atoms. The Morgan fingerprint density at radius 3 is 2.29 bits per heavy atom. The lowest BCUT2D eigenvalue weighted by molar-refractivity contribution is 0.0331. The summed E-state index contributed by atoms with van der Waals surface area (Å²) in [5, 5.41) is 0. The summed E-state index contributed by atoms with van der Waals surface area (Å²) in [6, 6.07) is 7.83. The molecule has 1 rings (SSSR count). The summed E-state index contributed by atoms with van der Waals surface area (Å²) in [4.78, 5) is 0. The molecule has 0 radical (unpaired) electrons. The number of rotatable bonds is 7. The molecule has 1 unspecified atom stereocenters. The molecule has 3 heteroatoms. The van der Waals surface area contributed by atoms with Crippen molar-refractivity contribution in [2.24, 2.45) is 5.92 Å². The minimum Gasteiger partial charge on any atom is -0.491 e. The highest BCUT2D eigenvalue weighted by molar-refractivity contribution is 9.10. The van der Waals surface area contributed by atoms with E-state index >= 15 is 0 Å². The highest BCUT2D eigenvalue weighted by Crippen LogP contribution is 2.16. The Labute approximate surface area is 112 Å². The van der Waals surface area contributed by atoms with Crippen LogP contribution in [0.3, 0.4) is 0 Å². The Bertz CT molecular complexity index is 309. The third-order valence-electron chi connectivity index (χ3n) is 2.37. The summed E-state index contributed by atoms with van der Waals surface area (Å²) < 4.78 is 12.3. The molecule has 0 aliphatic carbocycles. The molecule has 0 aliphatic rings. The van der Waals surface area contributed by atoms with Crippen molar-refractivity contribution in [1.29, 1.82) is 0 Å². The number of ether oxygens (including phenoxy) is 2. The zero-order valence-electron chi connectivity index (χ0n) is 10.8. The zero-order valence-corrected chi connectivity index (χ0v) is 12.4. The fourth-order valence-electron chi connectivity index (χ4n) is 1.67. The van der Waals surface area contributed by atoms with Gasteiger partial charge in [-0.05, 0) is 43.5 Å². The summed E-state index contributed by atoms with van der Waals surface area (Å²) >= 11 is 3.39. The molecule has 0 fully saturated rings. The summed E-state index contributed by atoms with van der Waals surface area (Å²) in [6.45, 7) is 7.77. The Morgan fingerprint density at radius 2 is 1.71 bits per heavy atom. The monoisotopic (exact) mass is 300 g/mol. The van der Waals surface area contributed by atoms with Crippen molar-refractivity contribution >= 4 is 15.9 Å². The van der Waals surface area contributed by atoms with Crippen LogP contribution >= 0.6 is 15.9 Å². The van der Waals surface area contributed by atoms with Crippen LogP contribution in [0, 0.1) is 5.92 Å². The highest BCUT2D eigenvalue weighted by atomic mass is 79.9. The third-order valence-corrected chi connectivity index (χ3v) is 2.90. The van der Waals surface area contributed by atoms with Crippen molar-refractivity contribution in [2.45, 2.75) is 33.3 Å². The molecule has 2 nitrogen and oxygen atoms in total. The van der Waals surface area contributed by atoms with Gasteiger partial charge in [-0.2, -0.15) is 0 Å². The standard InChI is InChI=1S/C14H21BrO2/c1-11(2)10-12(3)16-8-9-17-14-6-4-13(15)5-7-14/h4-7,11-12H,8-10H2,1-3H3. The van der Waals surface area contributed by atoms with E-state index in [-0.39, 0.29) is 0 Å². The molecular weight excluding hydrogens is 280 g/mol. The molecule has 0 saturated heterocycles. The zero-order chi connectivity index (χ0) is 12.7. The van der Waals surface area contributed by atoms with E-state index in [0.29, 0.717) is 25.2 Å². The van der Waals surface area contributed by atoms with Crippen LogP contribution in [0.1, 0.15) is 27.2 Å². The van der Waals surface area contributed by atoms with E-state index < -0.39 is 0 Å². The van der Waals surface area contributed by atoms with Gasteiger partial charge in [0.25, 0.3) is 0 Å². The predicted octanol–water partition coefficient (Wildman–Crippen LogP) is 4.28. The first-order chi connectivity index (χ1) is 8.08. The third kappa shape index (κ3) is 6.69. The molecular formula is C14H21BrO2. The van der Waals surface area contributed by atoms with E-state index in [0.717, 1.165) is 16.6 Å². The maximum atomic E-state index is 5.66. The predicted molar refractivity (Wildman–Crippen MR) is 74.5 cm³/mol. The van der Waals surface area contributed by atoms with Gasteiger partial charge in [-0.3, -0.25) is 0 Å². The maximum Gasteiger partial charge on any atom is 0.119 e. The summed E-state index contributed by atoms with van der Waals surface area (Å²) in [7, 11) is 0. The average molecular weight is 301 g/mol. The summed E-state index contributed by atoms with van der Waals surface area (Å²) in [6.07, 6.45) is 1.40. The lowest BCUT2D eigenvalue weighted by Crippen LogP contribution is -2.16. The molecule has 0 spiro atoms. The molecule has 0 heterocycles. The first kappa shape index (κ1) is 14.5. The van der Waals surface area contributed by atoms with E-state index in [1.807, 2.05) is 24.3 Å². The molecule has 0 aliphatic heterocycles. The number of hydrogen-bond acceptors (Lipinski definition) is 2. The van der Waals surface area contributed by atoms with E-state index in [4.69, 9.17) is 9.47 Å². The Morgan fingerprint density at radius 1 is 1.06 bits per heavy atom. The van der Waals surface area contributed by atoms with Crippen molar-refractivity contribution in [3.05, 3.63) is 28.7 Å². The molecule has 1 aromatic carbocycles. The Balaban J connectivity index is 2.13. The molecule has 0 aromatic heterocycles. The average Bonchev–Trinajstić information content (AvgIpc) is 2.26.